The van der Waals surface area contributed by atoms with Gasteiger partial charge in [0.25, 0.3) is 10.0 Å². The first-order chi connectivity index (χ1) is 9.45. The Morgan fingerprint density at radius 1 is 1.40 bits per heavy atom. The largest absolute Gasteiger partial charge is 0.381 e. The molecule has 3 N–H and O–H groups in total. The third kappa shape index (κ3) is 2.75. The number of hydrogen-bond acceptors (Lipinski definition) is 5. The Balaban J connectivity index is 2.39. The maximum absolute atomic E-state index is 12.4. The number of nitrogens with one attached hydrogen (secondary N) is 1. The van der Waals surface area contributed by atoms with Crippen LogP contribution in [0.3, 0.4) is 0 Å². The van der Waals surface area contributed by atoms with Crippen LogP contribution < -0.4 is 10.5 Å². The Morgan fingerprint density at radius 2 is 2.10 bits per heavy atom. The van der Waals surface area contributed by atoms with E-state index in [1.54, 1.807) is 32.4 Å². The summed E-state index contributed by atoms with van der Waals surface area (Å²) in [6.45, 7) is 0.305. The van der Waals surface area contributed by atoms with Gasteiger partial charge in [-0.1, -0.05) is 18.2 Å². The minimum Gasteiger partial charge on any atom is -0.381 e. The first-order valence-corrected chi connectivity index (χ1v) is 7.30. The van der Waals surface area contributed by atoms with E-state index in [4.69, 9.17) is 10.5 Å². The molecule has 0 unspecified atom stereocenters. The molecule has 2 rings (SSSR count). The summed E-state index contributed by atoms with van der Waals surface area (Å²) in [7, 11) is -0.688. The van der Waals surface area contributed by atoms with E-state index in [-0.39, 0.29) is 10.8 Å². The molecule has 1 aromatic heterocycles. The van der Waals surface area contributed by atoms with Gasteiger partial charge in [0.05, 0.1) is 18.6 Å². The predicted octanol–water partition coefficient (Wildman–Crippen LogP) is 0.950. The van der Waals surface area contributed by atoms with Crippen LogP contribution in [0.5, 0.6) is 0 Å². The van der Waals surface area contributed by atoms with Gasteiger partial charge in [-0.3, -0.25) is 4.72 Å². The zero-order valence-electron chi connectivity index (χ0n) is 11.2. The average molecular weight is 296 g/mol. The van der Waals surface area contributed by atoms with Crippen LogP contribution in [-0.2, 0) is 28.4 Å². The van der Waals surface area contributed by atoms with Gasteiger partial charge in [-0.15, -0.1) is 0 Å². The molecule has 0 atom stereocenters. The lowest BCUT2D eigenvalue weighted by molar-refractivity contribution is 0.185. The number of methoxy groups -OCH3 is 1. The number of rotatable bonds is 5. The van der Waals surface area contributed by atoms with Crippen LogP contribution in [0.15, 0.2) is 35.6 Å². The van der Waals surface area contributed by atoms with Crippen LogP contribution in [0.25, 0.3) is 0 Å². The molecule has 7 nitrogen and oxygen atoms in total. The smallest absolute Gasteiger partial charge is 0.281 e. The van der Waals surface area contributed by atoms with Crippen LogP contribution in [0.4, 0.5) is 11.5 Å². The van der Waals surface area contributed by atoms with Crippen molar-refractivity contribution in [2.24, 2.45) is 7.05 Å². The highest BCUT2D eigenvalue weighted by molar-refractivity contribution is 7.92. The molecular weight excluding hydrogens is 280 g/mol. The minimum atomic E-state index is -3.80. The third-order valence-corrected chi connectivity index (χ3v) is 4.22. The van der Waals surface area contributed by atoms with Gasteiger partial charge in [0, 0.05) is 19.7 Å². The molecule has 20 heavy (non-hydrogen) atoms. The van der Waals surface area contributed by atoms with Gasteiger partial charge in [0.1, 0.15) is 0 Å². The van der Waals surface area contributed by atoms with E-state index >= 15 is 0 Å². The molecule has 0 bridgehead atoms. The SMILES string of the molecule is COCc1ccccc1NS(=O)(=O)c1c(N)ncn1C. The van der Waals surface area contributed by atoms with Crippen LogP contribution in [0.2, 0.25) is 0 Å². The van der Waals surface area contributed by atoms with E-state index in [2.05, 4.69) is 9.71 Å². The summed E-state index contributed by atoms with van der Waals surface area (Å²) >= 11 is 0. The lowest BCUT2D eigenvalue weighted by Gasteiger charge is -2.12. The van der Waals surface area contributed by atoms with E-state index in [1.165, 1.54) is 10.9 Å². The normalized spacial score (nSPS) is 11.5. The molecule has 0 aliphatic heterocycles. The highest BCUT2D eigenvalue weighted by Gasteiger charge is 2.23. The Hall–Kier alpha value is -2.06. The van der Waals surface area contributed by atoms with Crippen molar-refractivity contribution in [1.29, 1.82) is 0 Å². The van der Waals surface area contributed by atoms with Crippen LogP contribution in [0.1, 0.15) is 5.56 Å². The molecule has 0 radical (unpaired) electrons. The second-order valence-corrected chi connectivity index (χ2v) is 5.84. The van der Waals surface area contributed by atoms with E-state index < -0.39 is 10.0 Å². The summed E-state index contributed by atoms with van der Waals surface area (Å²) < 4.78 is 33.6. The number of nitrogens with two attached hydrogens (primary N) is 1. The molecule has 0 aliphatic rings. The summed E-state index contributed by atoms with van der Waals surface area (Å²) in [6, 6.07) is 7.00. The second-order valence-electron chi connectivity index (χ2n) is 4.24. The second kappa shape index (κ2) is 5.51. The van der Waals surface area contributed by atoms with Crippen molar-refractivity contribution >= 4 is 21.5 Å². The van der Waals surface area contributed by atoms with E-state index in [0.29, 0.717) is 12.3 Å². The van der Waals surface area contributed by atoms with Gasteiger partial charge < -0.3 is 15.0 Å². The van der Waals surface area contributed by atoms with Gasteiger partial charge in [0.15, 0.2) is 10.8 Å². The number of nitrogen functional groups attached to an aromatic ring is 1. The van der Waals surface area contributed by atoms with Gasteiger partial charge in [-0.2, -0.15) is 8.42 Å². The fraction of sp³-hybridized carbons (Fsp3) is 0.250. The monoisotopic (exact) mass is 296 g/mol. The first kappa shape index (κ1) is 14.4. The van der Waals surface area contributed by atoms with E-state index in [9.17, 15) is 8.42 Å². The predicted molar refractivity (Wildman–Crippen MR) is 75.6 cm³/mol. The molecular formula is C12H16N4O3S. The zero-order chi connectivity index (χ0) is 14.8. The fourth-order valence-corrected chi connectivity index (χ4v) is 3.20. The summed E-state index contributed by atoms with van der Waals surface area (Å²) in [4.78, 5) is 3.78. The first-order valence-electron chi connectivity index (χ1n) is 5.82. The van der Waals surface area contributed by atoms with Crippen LogP contribution in [-0.4, -0.2) is 25.1 Å². The topological polar surface area (TPSA) is 99.2 Å². The molecule has 0 saturated heterocycles. The number of aromatic nitrogens is 2. The third-order valence-electron chi connectivity index (χ3n) is 2.73. The highest BCUT2D eigenvalue weighted by Crippen LogP contribution is 2.22. The van der Waals surface area contributed by atoms with Crippen molar-refractivity contribution in [2.75, 3.05) is 17.6 Å². The van der Waals surface area contributed by atoms with Crippen molar-refractivity contribution in [3.05, 3.63) is 36.2 Å². The Kier molecular flexibility index (Phi) is 3.96. The number of sulfonamides is 1. The number of imidazole rings is 1. The van der Waals surface area contributed by atoms with Crippen molar-refractivity contribution in [1.82, 2.24) is 9.55 Å². The summed E-state index contributed by atoms with van der Waals surface area (Å²) in [5.74, 6) is -0.0378. The number of hydrogen-bond donors (Lipinski definition) is 2. The molecule has 0 fully saturated rings. The molecule has 0 amide bonds. The highest BCUT2D eigenvalue weighted by atomic mass is 32.2. The van der Waals surface area contributed by atoms with Gasteiger partial charge in [-0.05, 0) is 6.07 Å². The van der Waals surface area contributed by atoms with Crippen molar-refractivity contribution in [3.8, 4) is 0 Å². The Bertz CT molecular complexity index is 690. The van der Waals surface area contributed by atoms with Crippen molar-refractivity contribution in [3.63, 3.8) is 0 Å². The number of para-hydroxylation sites is 1. The molecule has 108 valence electrons. The van der Waals surface area contributed by atoms with Gasteiger partial charge >= 0.3 is 0 Å². The fourth-order valence-electron chi connectivity index (χ4n) is 1.86. The van der Waals surface area contributed by atoms with E-state index in [1.807, 2.05) is 6.07 Å². The van der Waals surface area contributed by atoms with Gasteiger partial charge in [0.2, 0.25) is 0 Å². The lowest BCUT2D eigenvalue weighted by atomic mass is 10.2. The molecule has 8 heteroatoms. The van der Waals surface area contributed by atoms with Crippen molar-refractivity contribution < 1.29 is 13.2 Å². The van der Waals surface area contributed by atoms with E-state index in [0.717, 1.165) is 5.56 Å². The number of benzene rings is 1. The molecule has 1 heterocycles. The average Bonchev–Trinajstić information content (AvgIpc) is 2.72. The summed E-state index contributed by atoms with van der Waals surface area (Å²) in [5.41, 5.74) is 6.79. The number of aryl methyl sites for hydroxylation is 1. The number of nitrogens with zero attached hydrogens (tertiary/aromatic N) is 2. The summed E-state index contributed by atoms with van der Waals surface area (Å²) in [6.07, 6.45) is 1.35. The van der Waals surface area contributed by atoms with Crippen LogP contribution in [0, 0.1) is 0 Å². The number of ether oxygens (including phenoxy) is 1. The van der Waals surface area contributed by atoms with Crippen molar-refractivity contribution in [2.45, 2.75) is 11.6 Å². The quantitative estimate of drug-likeness (QED) is 0.855. The van der Waals surface area contributed by atoms with Gasteiger partial charge in [-0.25, -0.2) is 4.98 Å². The minimum absolute atomic E-state index is 0.0378. The zero-order valence-corrected chi connectivity index (χ0v) is 12.0. The standard InChI is InChI=1S/C12H16N4O3S/c1-16-8-14-11(13)12(16)20(17,18)15-10-6-4-3-5-9(10)7-19-2/h3-6,8,15H,7,13H2,1-2H3. The molecule has 0 aliphatic carbocycles. The molecule has 2 aromatic rings. The number of anilines is 2. The molecule has 1 aromatic carbocycles. The Labute approximate surface area is 117 Å². The maximum Gasteiger partial charge on any atom is 0.281 e. The Morgan fingerprint density at radius 3 is 2.70 bits per heavy atom. The lowest BCUT2D eigenvalue weighted by Crippen LogP contribution is -2.18. The maximum atomic E-state index is 12.4. The van der Waals surface area contributed by atoms with Crippen LogP contribution >= 0.6 is 0 Å². The summed E-state index contributed by atoms with van der Waals surface area (Å²) in [5, 5.41) is -0.0651. The molecule has 0 saturated carbocycles. The molecule has 0 spiro atoms.